The van der Waals surface area contributed by atoms with Gasteiger partial charge in [0.1, 0.15) is 0 Å². The third kappa shape index (κ3) is 8.22. The molecule has 0 radical (unpaired) electrons. The van der Waals surface area contributed by atoms with Gasteiger partial charge in [0.2, 0.25) is 12.6 Å². The highest BCUT2D eigenvalue weighted by atomic mass is 17.2. The van der Waals surface area contributed by atoms with Gasteiger partial charge in [0.25, 0.3) is 0 Å². The zero-order valence-corrected chi connectivity index (χ0v) is 9.93. The zero-order valence-electron chi connectivity index (χ0n) is 9.93. The van der Waals surface area contributed by atoms with Gasteiger partial charge in [-0.3, -0.25) is 0 Å². The van der Waals surface area contributed by atoms with Crippen LogP contribution in [-0.4, -0.2) is 29.4 Å². The fourth-order valence-electron chi connectivity index (χ4n) is 0.668. The van der Waals surface area contributed by atoms with E-state index in [9.17, 15) is 4.79 Å². The van der Waals surface area contributed by atoms with E-state index in [4.69, 9.17) is 19.6 Å². The molecule has 0 amide bonds. The Labute approximate surface area is 94.7 Å². The second-order valence-electron chi connectivity index (χ2n) is 3.98. The minimum atomic E-state index is -1.42. The third-order valence-electron chi connectivity index (χ3n) is 1.18. The Hall–Kier alpha value is -1.11. The average molecular weight is 234 g/mol. The topological polar surface area (TPSA) is 74.2 Å². The summed E-state index contributed by atoms with van der Waals surface area (Å²) < 4.78 is 9.36. The normalized spacial score (nSPS) is 15.2. The van der Waals surface area contributed by atoms with Crippen LogP contribution < -0.4 is 0 Å². The van der Waals surface area contributed by atoms with Crippen molar-refractivity contribution in [2.75, 3.05) is 0 Å². The van der Waals surface area contributed by atoms with Crippen molar-refractivity contribution >= 4 is 6.16 Å². The van der Waals surface area contributed by atoms with E-state index in [1.807, 2.05) is 0 Å². The molecule has 0 aromatic heterocycles. The molecular formula is C10H18O6. The minimum absolute atomic E-state index is 0.498. The first-order chi connectivity index (χ1) is 7.24. The standard InChI is InChI=1S/C10H18O6/c1-6-8(15-16-10(3,4)5)13-7(2)14-9(11)12/h6-8H,1H2,2-5H3,(H,11,12). The van der Waals surface area contributed by atoms with Crippen molar-refractivity contribution in [3.8, 4) is 0 Å². The van der Waals surface area contributed by atoms with Gasteiger partial charge in [0.05, 0.1) is 5.60 Å². The molecule has 0 aromatic rings. The SMILES string of the molecule is C=CC(OOC(C)(C)C)OC(C)OC(=O)O. The van der Waals surface area contributed by atoms with Gasteiger partial charge in [-0.15, -0.1) is 0 Å². The molecule has 0 aliphatic carbocycles. The van der Waals surface area contributed by atoms with Gasteiger partial charge in [-0.05, 0) is 33.8 Å². The quantitative estimate of drug-likeness (QED) is 0.250. The van der Waals surface area contributed by atoms with Gasteiger partial charge in [0.15, 0.2) is 0 Å². The summed E-state index contributed by atoms with van der Waals surface area (Å²) >= 11 is 0. The molecule has 94 valence electrons. The molecule has 0 heterocycles. The number of ether oxygens (including phenoxy) is 2. The number of rotatable bonds is 6. The van der Waals surface area contributed by atoms with E-state index in [1.165, 1.54) is 13.0 Å². The van der Waals surface area contributed by atoms with Crippen LogP contribution in [-0.2, 0) is 19.2 Å². The van der Waals surface area contributed by atoms with Crippen molar-refractivity contribution in [1.29, 1.82) is 0 Å². The Morgan fingerprint density at radius 2 is 2.00 bits per heavy atom. The van der Waals surface area contributed by atoms with Crippen LogP contribution in [0.1, 0.15) is 27.7 Å². The van der Waals surface area contributed by atoms with Crippen molar-refractivity contribution in [2.45, 2.75) is 45.9 Å². The van der Waals surface area contributed by atoms with Gasteiger partial charge in [0, 0.05) is 0 Å². The Morgan fingerprint density at radius 1 is 1.44 bits per heavy atom. The molecule has 0 saturated carbocycles. The molecule has 2 atom stereocenters. The van der Waals surface area contributed by atoms with Gasteiger partial charge >= 0.3 is 6.16 Å². The number of hydrogen-bond donors (Lipinski definition) is 1. The molecule has 6 heteroatoms. The summed E-state index contributed by atoms with van der Waals surface area (Å²) in [5.74, 6) is 0. The highest BCUT2D eigenvalue weighted by molar-refractivity contribution is 5.56. The predicted molar refractivity (Wildman–Crippen MR) is 55.6 cm³/mol. The summed E-state index contributed by atoms with van der Waals surface area (Å²) in [4.78, 5) is 20.1. The molecule has 1 N–H and O–H groups in total. The molecule has 6 nitrogen and oxygen atoms in total. The summed E-state index contributed by atoms with van der Waals surface area (Å²) in [5.41, 5.74) is -0.498. The Morgan fingerprint density at radius 3 is 2.38 bits per heavy atom. The Kier molecular flexibility index (Phi) is 6.02. The van der Waals surface area contributed by atoms with Crippen LogP contribution in [0.25, 0.3) is 0 Å². The molecule has 0 aliphatic heterocycles. The van der Waals surface area contributed by atoms with E-state index >= 15 is 0 Å². The number of hydrogen-bond acceptors (Lipinski definition) is 5. The lowest BCUT2D eigenvalue weighted by molar-refractivity contribution is -0.415. The van der Waals surface area contributed by atoms with Crippen molar-refractivity contribution in [1.82, 2.24) is 0 Å². The van der Waals surface area contributed by atoms with Crippen molar-refractivity contribution in [3.63, 3.8) is 0 Å². The first kappa shape index (κ1) is 14.9. The second kappa shape index (κ2) is 6.47. The van der Waals surface area contributed by atoms with E-state index in [2.05, 4.69) is 11.3 Å². The van der Waals surface area contributed by atoms with Crippen molar-refractivity contribution < 1.29 is 29.1 Å². The maximum atomic E-state index is 10.2. The summed E-state index contributed by atoms with van der Waals surface area (Å²) in [5, 5.41) is 8.33. The fourth-order valence-corrected chi connectivity index (χ4v) is 0.668. The smallest absolute Gasteiger partial charge is 0.450 e. The predicted octanol–water partition coefficient (Wildman–Crippen LogP) is 2.30. The monoisotopic (exact) mass is 234 g/mol. The summed E-state index contributed by atoms with van der Waals surface area (Å²) in [6, 6.07) is 0. The fraction of sp³-hybridized carbons (Fsp3) is 0.700. The summed E-state index contributed by atoms with van der Waals surface area (Å²) in [7, 11) is 0. The molecule has 0 spiro atoms. The first-order valence-electron chi connectivity index (χ1n) is 4.76. The van der Waals surface area contributed by atoms with Crippen molar-refractivity contribution in [2.24, 2.45) is 0 Å². The lowest BCUT2D eigenvalue weighted by atomic mass is 10.2. The Bertz CT molecular complexity index is 232. The van der Waals surface area contributed by atoms with E-state index < -0.39 is 24.3 Å². The maximum absolute atomic E-state index is 10.2. The van der Waals surface area contributed by atoms with Crippen molar-refractivity contribution in [3.05, 3.63) is 12.7 Å². The van der Waals surface area contributed by atoms with Crippen LogP contribution in [0, 0.1) is 0 Å². The van der Waals surface area contributed by atoms with Crippen LogP contribution >= 0.6 is 0 Å². The maximum Gasteiger partial charge on any atom is 0.508 e. The van der Waals surface area contributed by atoms with Crippen LogP contribution in [0.2, 0.25) is 0 Å². The highest BCUT2D eigenvalue weighted by Gasteiger charge is 2.18. The second-order valence-corrected chi connectivity index (χ2v) is 3.98. The summed E-state index contributed by atoms with van der Waals surface area (Å²) in [6.07, 6.45) is -1.96. The molecule has 0 aromatic carbocycles. The molecular weight excluding hydrogens is 216 g/mol. The van der Waals surface area contributed by atoms with Crippen LogP contribution in [0.4, 0.5) is 4.79 Å². The molecule has 16 heavy (non-hydrogen) atoms. The van der Waals surface area contributed by atoms with E-state index in [0.717, 1.165) is 0 Å². The van der Waals surface area contributed by atoms with Crippen LogP contribution in [0.3, 0.4) is 0 Å². The molecule has 0 bridgehead atoms. The zero-order chi connectivity index (χ0) is 12.8. The number of carbonyl (C=O) groups is 1. The highest BCUT2D eigenvalue weighted by Crippen LogP contribution is 2.11. The molecule has 0 saturated heterocycles. The molecule has 2 unspecified atom stereocenters. The van der Waals surface area contributed by atoms with E-state index in [-0.39, 0.29) is 0 Å². The van der Waals surface area contributed by atoms with Gasteiger partial charge in [-0.1, -0.05) is 6.58 Å². The molecule has 0 fully saturated rings. The lowest BCUT2D eigenvalue weighted by Gasteiger charge is -2.23. The Balaban J connectivity index is 4.00. The van der Waals surface area contributed by atoms with Gasteiger partial charge in [-0.25, -0.2) is 9.68 Å². The molecule has 0 aliphatic rings. The largest absolute Gasteiger partial charge is 0.508 e. The first-order valence-corrected chi connectivity index (χ1v) is 4.76. The van der Waals surface area contributed by atoms with E-state index in [0.29, 0.717) is 0 Å². The van der Waals surface area contributed by atoms with Gasteiger partial charge in [-0.2, -0.15) is 4.89 Å². The van der Waals surface area contributed by atoms with E-state index in [1.54, 1.807) is 20.8 Å². The van der Waals surface area contributed by atoms with Crippen LogP contribution in [0.15, 0.2) is 12.7 Å². The summed E-state index contributed by atoms with van der Waals surface area (Å²) in [6.45, 7) is 10.3. The lowest BCUT2D eigenvalue weighted by Crippen LogP contribution is -2.28. The molecule has 0 rings (SSSR count). The average Bonchev–Trinajstić information content (AvgIpc) is 2.09. The third-order valence-corrected chi connectivity index (χ3v) is 1.18. The van der Waals surface area contributed by atoms with Gasteiger partial charge < -0.3 is 14.6 Å². The van der Waals surface area contributed by atoms with Crippen LogP contribution in [0.5, 0.6) is 0 Å². The number of carboxylic acid groups (broad SMARTS) is 1. The minimum Gasteiger partial charge on any atom is -0.450 e.